The number of carbonyl (C=O) groups excluding carboxylic acids is 2. The number of rotatable bonds is 5. The van der Waals surface area contributed by atoms with Gasteiger partial charge < -0.3 is 15.4 Å². The van der Waals surface area contributed by atoms with Crippen molar-refractivity contribution in [3.05, 3.63) is 75.2 Å². The lowest BCUT2D eigenvalue weighted by atomic mass is 9.99. The third-order valence-corrected chi connectivity index (χ3v) is 6.25. The number of hydrogen-bond acceptors (Lipinski definition) is 4. The second kappa shape index (κ2) is 8.67. The summed E-state index contributed by atoms with van der Waals surface area (Å²) < 4.78 is 18.7. The van der Waals surface area contributed by atoms with Crippen molar-refractivity contribution in [2.75, 3.05) is 17.7 Å². The van der Waals surface area contributed by atoms with Gasteiger partial charge in [-0.15, -0.1) is 11.3 Å². The first kappa shape index (κ1) is 20.1. The number of anilines is 2. The van der Waals surface area contributed by atoms with Gasteiger partial charge in [0, 0.05) is 16.1 Å². The Balaban J connectivity index is 1.52. The third-order valence-electron chi connectivity index (χ3n) is 5.01. The molecule has 7 heteroatoms. The number of ether oxygens (including phenoxy) is 1. The molecule has 4 rings (SSSR count). The van der Waals surface area contributed by atoms with E-state index in [4.69, 9.17) is 4.74 Å². The molecule has 1 aliphatic carbocycles. The molecule has 1 aromatic heterocycles. The number of methoxy groups -OCH3 is 1. The molecule has 30 heavy (non-hydrogen) atoms. The van der Waals surface area contributed by atoms with E-state index in [1.54, 1.807) is 29.5 Å². The summed E-state index contributed by atoms with van der Waals surface area (Å²) in [6, 6.07) is 12.4. The molecule has 3 aromatic rings. The standard InChI is InChI=1S/C23H21FN2O3S/c1-29-19-10-9-17(13-18(19)26-22(27)15-6-4-7-16(24)11-15)25-23(28)21-12-14-5-2-3-8-20(14)30-21/h4,6-7,9-13H,2-3,5,8H2,1H3,(H,25,28)(H,26,27). The summed E-state index contributed by atoms with van der Waals surface area (Å²) in [6.07, 6.45) is 4.39. The van der Waals surface area contributed by atoms with Gasteiger partial charge in [-0.25, -0.2) is 4.39 Å². The van der Waals surface area contributed by atoms with Gasteiger partial charge in [0.2, 0.25) is 0 Å². The summed E-state index contributed by atoms with van der Waals surface area (Å²) in [4.78, 5) is 27.2. The minimum absolute atomic E-state index is 0.179. The monoisotopic (exact) mass is 424 g/mol. The van der Waals surface area contributed by atoms with E-state index in [0.717, 1.165) is 25.3 Å². The molecule has 154 valence electrons. The first-order valence-electron chi connectivity index (χ1n) is 9.71. The second-order valence-corrected chi connectivity index (χ2v) is 8.24. The zero-order valence-corrected chi connectivity index (χ0v) is 17.3. The number of amides is 2. The van der Waals surface area contributed by atoms with Crippen molar-refractivity contribution >= 4 is 34.5 Å². The number of hydrogen-bond donors (Lipinski definition) is 2. The molecule has 2 N–H and O–H groups in total. The highest BCUT2D eigenvalue weighted by Crippen LogP contribution is 2.32. The number of aryl methyl sites for hydroxylation is 2. The van der Waals surface area contributed by atoms with E-state index in [0.29, 0.717) is 22.0 Å². The Kier molecular flexibility index (Phi) is 5.81. The maximum absolute atomic E-state index is 13.4. The molecule has 0 fully saturated rings. The molecule has 1 heterocycles. The predicted molar refractivity (Wildman–Crippen MR) is 116 cm³/mol. The topological polar surface area (TPSA) is 67.4 Å². The van der Waals surface area contributed by atoms with E-state index < -0.39 is 11.7 Å². The number of thiophene rings is 1. The van der Waals surface area contributed by atoms with Crippen LogP contribution in [0.3, 0.4) is 0 Å². The lowest BCUT2D eigenvalue weighted by molar-refractivity contribution is 0.102. The fourth-order valence-corrected chi connectivity index (χ4v) is 4.65. The SMILES string of the molecule is COc1ccc(NC(=O)c2cc3c(s2)CCCC3)cc1NC(=O)c1cccc(F)c1. The molecule has 0 spiro atoms. The van der Waals surface area contributed by atoms with Crippen molar-refractivity contribution in [1.29, 1.82) is 0 Å². The van der Waals surface area contributed by atoms with Gasteiger partial charge in [0.25, 0.3) is 11.8 Å². The summed E-state index contributed by atoms with van der Waals surface area (Å²) in [7, 11) is 1.49. The number of benzene rings is 2. The van der Waals surface area contributed by atoms with E-state index in [2.05, 4.69) is 10.6 Å². The van der Waals surface area contributed by atoms with Crippen LogP contribution < -0.4 is 15.4 Å². The zero-order chi connectivity index (χ0) is 21.1. The van der Waals surface area contributed by atoms with Gasteiger partial charge in [-0.2, -0.15) is 0 Å². The first-order chi connectivity index (χ1) is 14.5. The molecule has 0 radical (unpaired) electrons. The van der Waals surface area contributed by atoms with Crippen LogP contribution >= 0.6 is 11.3 Å². The van der Waals surface area contributed by atoms with Gasteiger partial charge in [-0.1, -0.05) is 6.07 Å². The van der Waals surface area contributed by atoms with E-state index in [-0.39, 0.29) is 11.5 Å². The number of halogens is 1. The number of carbonyl (C=O) groups is 2. The van der Waals surface area contributed by atoms with Gasteiger partial charge in [0.15, 0.2) is 0 Å². The maximum atomic E-state index is 13.4. The minimum Gasteiger partial charge on any atom is -0.495 e. The highest BCUT2D eigenvalue weighted by Gasteiger charge is 2.18. The van der Waals surface area contributed by atoms with E-state index >= 15 is 0 Å². The van der Waals surface area contributed by atoms with Crippen LogP contribution in [-0.4, -0.2) is 18.9 Å². The summed E-state index contributed by atoms with van der Waals surface area (Å²) in [5, 5.41) is 5.60. The lowest BCUT2D eigenvalue weighted by Gasteiger charge is -2.13. The molecule has 5 nitrogen and oxygen atoms in total. The molecule has 0 saturated carbocycles. The van der Waals surface area contributed by atoms with Crippen molar-refractivity contribution < 1.29 is 18.7 Å². The smallest absolute Gasteiger partial charge is 0.265 e. The number of fused-ring (bicyclic) bond motifs is 1. The molecular weight excluding hydrogens is 403 g/mol. The molecule has 0 bridgehead atoms. The molecular formula is C23H21FN2O3S. The molecule has 0 saturated heterocycles. The van der Waals surface area contributed by atoms with Crippen molar-refractivity contribution in [2.45, 2.75) is 25.7 Å². The largest absolute Gasteiger partial charge is 0.495 e. The zero-order valence-electron chi connectivity index (χ0n) is 16.5. The molecule has 0 atom stereocenters. The van der Waals surface area contributed by atoms with Gasteiger partial charge in [-0.3, -0.25) is 9.59 Å². The Morgan fingerprint density at radius 1 is 1.00 bits per heavy atom. The van der Waals surface area contributed by atoms with Crippen molar-refractivity contribution in [1.82, 2.24) is 0 Å². The maximum Gasteiger partial charge on any atom is 0.265 e. The van der Waals surface area contributed by atoms with E-state index in [1.807, 2.05) is 6.07 Å². The van der Waals surface area contributed by atoms with Crippen LogP contribution in [0.15, 0.2) is 48.5 Å². The molecule has 2 amide bonds. The van der Waals surface area contributed by atoms with E-state index in [1.165, 1.54) is 42.2 Å². The highest BCUT2D eigenvalue weighted by atomic mass is 32.1. The van der Waals surface area contributed by atoms with E-state index in [9.17, 15) is 14.0 Å². The molecule has 2 aromatic carbocycles. The fourth-order valence-electron chi connectivity index (χ4n) is 3.50. The summed E-state index contributed by atoms with van der Waals surface area (Å²) in [5.74, 6) is -0.706. The van der Waals surface area contributed by atoms with Gasteiger partial charge >= 0.3 is 0 Å². The molecule has 0 aliphatic heterocycles. The Hall–Kier alpha value is -3.19. The first-order valence-corrected chi connectivity index (χ1v) is 10.5. The molecule has 1 aliphatic rings. The highest BCUT2D eigenvalue weighted by molar-refractivity contribution is 7.14. The summed E-state index contributed by atoms with van der Waals surface area (Å²) in [6.45, 7) is 0. The third kappa shape index (κ3) is 4.36. The average molecular weight is 424 g/mol. The van der Waals surface area contributed by atoms with Crippen LogP contribution in [0.2, 0.25) is 0 Å². The van der Waals surface area contributed by atoms with Gasteiger partial charge in [0.1, 0.15) is 11.6 Å². The Bertz CT molecular complexity index is 1090. The summed E-state index contributed by atoms with van der Waals surface area (Å²) in [5.41, 5.74) is 2.38. The van der Waals surface area contributed by atoms with Gasteiger partial charge in [-0.05, 0) is 73.7 Å². The van der Waals surface area contributed by atoms with Crippen LogP contribution in [-0.2, 0) is 12.8 Å². The normalized spacial score (nSPS) is 12.7. The van der Waals surface area contributed by atoms with Gasteiger partial charge in [0.05, 0.1) is 17.7 Å². The Morgan fingerprint density at radius 3 is 2.60 bits per heavy atom. The molecule has 0 unspecified atom stereocenters. The average Bonchev–Trinajstić information content (AvgIpc) is 3.18. The Morgan fingerprint density at radius 2 is 1.83 bits per heavy atom. The van der Waals surface area contributed by atoms with Crippen LogP contribution in [0.5, 0.6) is 5.75 Å². The van der Waals surface area contributed by atoms with Crippen LogP contribution in [0, 0.1) is 5.82 Å². The lowest BCUT2D eigenvalue weighted by Crippen LogP contribution is -2.14. The quantitative estimate of drug-likeness (QED) is 0.586. The second-order valence-electron chi connectivity index (χ2n) is 7.10. The fraction of sp³-hybridized carbons (Fsp3) is 0.217. The van der Waals surface area contributed by atoms with Crippen LogP contribution in [0.1, 0.15) is 43.3 Å². The van der Waals surface area contributed by atoms with Crippen molar-refractivity contribution in [3.63, 3.8) is 0 Å². The van der Waals surface area contributed by atoms with Crippen LogP contribution in [0.4, 0.5) is 15.8 Å². The van der Waals surface area contributed by atoms with Crippen LogP contribution in [0.25, 0.3) is 0 Å². The van der Waals surface area contributed by atoms with Crippen molar-refractivity contribution in [3.8, 4) is 5.75 Å². The summed E-state index contributed by atoms with van der Waals surface area (Å²) >= 11 is 1.54. The predicted octanol–water partition coefficient (Wildman–Crippen LogP) is 5.28. The Labute approximate surface area is 177 Å². The number of nitrogens with one attached hydrogen (secondary N) is 2. The minimum atomic E-state index is -0.491. The van der Waals surface area contributed by atoms with Crippen molar-refractivity contribution in [2.24, 2.45) is 0 Å².